The molecule has 0 bridgehead atoms. The van der Waals surface area contributed by atoms with Crippen LogP contribution in [-0.2, 0) is 16.1 Å². The van der Waals surface area contributed by atoms with Gasteiger partial charge in [-0.15, -0.1) is 12.4 Å². The number of amides is 1. The van der Waals surface area contributed by atoms with E-state index in [2.05, 4.69) is 5.32 Å². The van der Waals surface area contributed by atoms with Gasteiger partial charge in [0.05, 0.1) is 5.41 Å². The van der Waals surface area contributed by atoms with Crippen LogP contribution in [0.5, 0.6) is 0 Å². The number of carbonyl (C=O) groups excluding carboxylic acids is 1. The van der Waals surface area contributed by atoms with Crippen LogP contribution < -0.4 is 11.1 Å². The molecule has 0 atom stereocenters. The van der Waals surface area contributed by atoms with E-state index in [0.29, 0.717) is 36.6 Å². The van der Waals surface area contributed by atoms with Gasteiger partial charge in [0.15, 0.2) is 0 Å². The molecule has 1 aromatic rings. The van der Waals surface area contributed by atoms with Gasteiger partial charge in [0.25, 0.3) is 0 Å². The highest BCUT2D eigenvalue weighted by molar-refractivity contribution is 6.31. The molecule has 1 aromatic carbocycles. The van der Waals surface area contributed by atoms with Crippen molar-refractivity contribution in [1.82, 2.24) is 5.32 Å². The van der Waals surface area contributed by atoms with Crippen LogP contribution in [-0.4, -0.2) is 25.7 Å². The summed E-state index contributed by atoms with van der Waals surface area (Å²) >= 11 is 5.93. The van der Waals surface area contributed by atoms with Crippen LogP contribution in [0.4, 0.5) is 4.39 Å². The van der Waals surface area contributed by atoms with Gasteiger partial charge in [0, 0.05) is 36.9 Å². The minimum Gasteiger partial charge on any atom is -0.381 e. The summed E-state index contributed by atoms with van der Waals surface area (Å²) in [7, 11) is 0. The number of rotatable bonds is 4. The number of nitrogens with one attached hydrogen (secondary N) is 1. The predicted octanol–water partition coefficient (Wildman–Crippen LogP) is 2.27. The Hall–Kier alpha value is -0.880. The van der Waals surface area contributed by atoms with Gasteiger partial charge in [0.1, 0.15) is 5.82 Å². The molecule has 0 aromatic heterocycles. The molecule has 2 rings (SSSR count). The van der Waals surface area contributed by atoms with Gasteiger partial charge in [-0.2, -0.15) is 0 Å². The first-order chi connectivity index (χ1) is 9.59. The second kappa shape index (κ2) is 7.94. The maximum atomic E-state index is 13.6. The Labute approximate surface area is 134 Å². The van der Waals surface area contributed by atoms with Crippen molar-refractivity contribution >= 4 is 29.9 Å². The average Bonchev–Trinajstić information content (AvgIpc) is 2.47. The third-order valence-electron chi connectivity index (χ3n) is 3.81. The van der Waals surface area contributed by atoms with Crippen LogP contribution >= 0.6 is 24.0 Å². The van der Waals surface area contributed by atoms with Gasteiger partial charge in [-0.1, -0.05) is 17.7 Å². The molecule has 1 aliphatic heterocycles. The van der Waals surface area contributed by atoms with Gasteiger partial charge in [-0.25, -0.2) is 4.39 Å². The Morgan fingerprint density at radius 2 is 2.10 bits per heavy atom. The summed E-state index contributed by atoms with van der Waals surface area (Å²) in [4.78, 5) is 12.3. The number of halogens is 3. The Morgan fingerprint density at radius 3 is 2.67 bits per heavy atom. The summed E-state index contributed by atoms with van der Waals surface area (Å²) in [5, 5.41) is 3.05. The lowest BCUT2D eigenvalue weighted by Gasteiger charge is -2.34. The molecular formula is C14H19Cl2FN2O2. The summed E-state index contributed by atoms with van der Waals surface area (Å²) in [6.45, 7) is 1.36. The van der Waals surface area contributed by atoms with E-state index in [4.69, 9.17) is 22.1 Å². The maximum absolute atomic E-state index is 13.6. The zero-order chi connectivity index (χ0) is 14.6. The Balaban J connectivity index is 0.00000220. The van der Waals surface area contributed by atoms with Gasteiger partial charge in [-0.3, -0.25) is 4.79 Å². The average molecular weight is 337 g/mol. The molecule has 21 heavy (non-hydrogen) atoms. The topological polar surface area (TPSA) is 64.4 Å². The fraction of sp³-hybridized carbons (Fsp3) is 0.500. The molecule has 1 heterocycles. The van der Waals surface area contributed by atoms with E-state index in [1.807, 2.05) is 0 Å². The summed E-state index contributed by atoms with van der Waals surface area (Å²) in [5.41, 5.74) is 5.43. The maximum Gasteiger partial charge on any atom is 0.227 e. The van der Waals surface area contributed by atoms with Crippen LogP contribution in [0.25, 0.3) is 0 Å². The number of hydrogen-bond acceptors (Lipinski definition) is 3. The molecule has 118 valence electrons. The monoisotopic (exact) mass is 336 g/mol. The molecule has 3 N–H and O–H groups in total. The van der Waals surface area contributed by atoms with Crippen molar-refractivity contribution in [2.45, 2.75) is 19.4 Å². The van der Waals surface area contributed by atoms with Crippen molar-refractivity contribution in [2.24, 2.45) is 11.1 Å². The molecule has 1 aliphatic rings. The second-order valence-electron chi connectivity index (χ2n) is 4.98. The highest BCUT2D eigenvalue weighted by Crippen LogP contribution is 2.30. The van der Waals surface area contributed by atoms with Crippen molar-refractivity contribution in [3.05, 3.63) is 34.6 Å². The largest absolute Gasteiger partial charge is 0.381 e. The van der Waals surface area contributed by atoms with E-state index < -0.39 is 11.2 Å². The fourth-order valence-electron chi connectivity index (χ4n) is 2.34. The van der Waals surface area contributed by atoms with Crippen molar-refractivity contribution in [3.63, 3.8) is 0 Å². The standard InChI is InChI=1S/C14H18ClFN2O2.ClH/c15-11-2-1-3-12(16)10(11)8-18-13(19)14(9-17)4-6-20-7-5-14;/h1-3H,4-9,17H2,(H,18,19);1H. The second-order valence-corrected chi connectivity index (χ2v) is 5.39. The lowest BCUT2D eigenvalue weighted by Crippen LogP contribution is -2.49. The lowest BCUT2D eigenvalue weighted by atomic mass is 9.79. The lowest BCUT2D eigenvalue weighted by molar-refractivity contribution is -0.136. The highest BCUT2D eigenvalue weighted by Gasteiger charge is 2.38. The van der Waals surface area contributed by atoms with E-state index >= 15 is 0 Å². The van der Waals surface area contributed by atoms with Gasteiger partial charge in [0.2, 0.25) is 5.91 Å². The summed E-state index contributed by atoms with van der Waals surface area (Å²) < 4.78 is 18.9. The third-order valence-corrected chi connectivity index (χ3v) is 4.16. The first-order valence-corrected chi connectivity index (χ1v) is 6.96. The summed E-state index contributed by atoms with van der Waals surface area (Å²) in [6.07, 6.45) is 1.17. The Morgan fingerprint density at radius 1 is 1.43 bits per heavy atom. The molecule has 4 nitrogen and oxygen atoms in total. The molecular weight excluding hydrogens is 318 g/mol. The number of hydrogen-bond donors (Lipinski definition) is 2. The van der Waals surface area contributed by atoms with E-state index in [1.165, 1.54) is 12.1 Å². The van der Waals surface area contributed by atoms with Crippen LogP contribution in [0.3, 0.4) is 0 Å². The van der Waals surface area contributed by atoms with Crippen molar-refractivity contribution in [3.8, 4) is 0 Å². The van der Waals surface area contributed by atoms with Gasteiger partial charge < -0.3 is 15.8 Å². The van der Waals surface area contributed by atoms with E-state index in [0.717, 1.165) is 0 Å². The molecule has 1 fully saturated rings. The van der Waals surface area contributed by atoms with Crippen LogP contribution in [0.15, 0.2) is 18.2 Å². The Kier molecular flexibility index (Phi) is 6.87. The number of benzene rings is 1. The summed E-state index contributed by atoms with van der Waals surface area (Å²) in [6, 6.07) is 4.45. The van der Waals surface area contributed by atoms with Crippen molar-refractivity contribution < 1.29 is 13.9 Å². The zero-order valence-electron chi connectivity index (χ0n) is 11.5. The predicted molar refractivity (Wildman–Crippen MR) is 82.0 cm³/mol. The third kappa shape index (κ3) is 4.07. The Bertz CT molecular complexity index is 474. The molecule has 0 spiro atoms. The highest BCUT2D eigenvalue weighted by atomic mass is 35.5. The smallest absolute Gasteiger partial charge is 0.227 e. The number of ether oxygens (including phenoxy) is 1. The molecule has 1 saturated heterocycles. The van der Waals surface area contributed by atoms with Gasteiger partial charge >= 0.3 is 0 Å². The van der Waals surface area contributed by atoms with Crippen LogP contribution in [0.1, 0.15) is 18.4 Å². The minimum absolute atomic E-state index is 0. The van der Waals surface area contributed by atoms with Crippen LogP contribution in [0.2, 0.25) is 5.02 Å². The first-order valence-electron chi connectivity index (χ1n) is 6.58. The first kappa shape index (κ1) is 18.2. The summed E-state index contributed by atoms with van der Waals surface area (Å²) in [5.74, 6) is -0.589. The number of carbonyl (C=O) groups is 1. The molecule has 0 saturated carbocycles. The fourth-order valence-corrected chi connectivity index (χ4v) is 2.57. The molecule has 0 unspecified atom stereocenters. The molecule has 1 amide bonds. The normalized spacial score (nSPS) is 16.9. The number of nitrogens with two attached hydrogens (primary N) is 1. The van der Waals surface area contributed by atoms with E-state index in [-0.39, 0.29) is 31.4 Å². The van der Waals surface area contributed by atoms with Crippen molar-refractivity contribution in [2.75, 3.05) is 19.8 Å². The zero-order valence-corrected chi connectivity index (χ0v) is 13.1. The molecule has 0 aliphatic carbocycles. The van der Waals surface area contributed by atoms with E-state index in [9.17, 15) is 9.18 Å². The molecule has 0 radical (unpaired) electrons. The quantitative estimate of drug-likeness (QED) is 0.886. The van der Waals surface area contributed by atoms with Crippen molar-refractivity contribution in [1.29, 1.82) is 0 Å². The molecule has 7 heteroatoms. The van der Waals surface area contributed by atoms with E-state index in [1.54, 1.807) is 6.07 Å². The SMILES string of the molecule is Cl.NCC1(C(=O)NCc2c(F)cccc2Cl)CCOCC1. The van der Waals surface area contributed by atoms with Gasteiger partial charge in [-0.05, 0) is 25.0 Å². The van der Waals surface area contributed by atoms with Crippen LogP contribution in [0, 0.1) is 11.2 Å². The minimum atomic E-state index is -0.615.